The largest absolute Gasteiger partial charge is 0.280 e. The number of hydrogen-bond donors (Lipinski definition) is 2. The fourth-order valence-corrected chi connectivity index (χ4v) is 5.04. The number of rotatable bonds is 7. The number of hydrogen-bond acceptors (Lipinski definition) is 6. The molecule has 0 radical (unpaired) electrons. The predicted octanol–water partition coefficient (Wildman–Crippen LogP) is 3.81. The molecule has 162 valence electrons. The van der Waals surface area contributed by atoms with Crippen molar-refractivity contribution in [2.24, 2.45) is 0 Å². The van der Waals surface area contributed by atoms with Gasteiger partial charge in [0.15, 0.2) is 0 Å². The Bertz CT molecular complexity index is 1350. The molecule has 0 saturated heterocycles. The topological polar surface area (TPSA) is 135 Å². The van der Waals surface area contributed by atoms with Crippen molar-refractivity contribution in [3.63, 3.8) is 0 Å². The van der Waals surface area contributed by atoms with Crippen molar-refractivity contribution >= 4 is 37.1 Å². The minimum atomic E-state index is -4.10. The van der Waals surface area contributed by atoms with Gasteiger partial charge in [0.05, 0.1) is 20.4 Å². The van der Waals surface area contributed by atoms with Crippen molar-refractivity contribution < 1.29 is 21.8 Å². The molecule has 11 heteroatoms. The molecule has 0 atom stereocenters. The van der Waals surface area contributed by atoms with Gasteiger partial charge >= 0.3 is 0 Å². The zero-order chi connectivity index (χ0) is 22.8. The molecule has 0 fully saturated rings. The van der Waals surface area contributed by atoms with Crippen molar-refractivity contribution in [1.29, 1.82) is 0 Å². The number of aryl methyl sites for hydroxylation is 2. The summed E-state index contributed by atoms with van der Waals surface area (Å²) in [5.74, 6) is 0. The highest BCUT2D eigenvalue weighted by Gasteiger charge is 2.19. The Balaban J connectivity index is 1.81. The molecule has 0 aliphatic rings. The number of nitro groups is 1. The predicted molar refractivity (Wildman–Crippen MR) is 117 cm³/mol. The van der Waals surface area contributed by atoms with E-state index in [4.69, 9.17) is 0 Å². The molecule has 0 aromatic heterocycles. The maximum atomic E-state index is 12.6. The van der Waals surface area contributed by atoms with Crippen LogP contribution in [0.4, 0.5) is 17.1 Å². The van der Waals surface area contributed by atoms with Crippen molar-refractivity contribution in [3.8, 4) is 0 Å². The highest BCUT2D eigenvalue weighted by Crippen LogP contribution is 2.24. The van der Waals surface area contributed by atoms with E-state index in [-0.39, 0.29) is 21.2 Å². The first-order valence-electron chi connectivity index (χ1n) is 8.95. The van der Waals surface area contributed by atoms with E-state index in [1.807, 2.05) is 13.0 Å². The van der Waals surface area contributed by atoms with E-state index in [1.165, 1.54) is 42.5 Å². The van der Waals surface area contributed by atoms with Gasteiger partial charge < -0.3 is 0 Å². The van der Waals surface area contributed by atoms with Crippen molar-refractivity contribution in [2.75, 3.05) is 9.44 Å². The molecule has 3 aromatic rings. The highest BCUT2D eigenvalue weighted by molar-refractivity contribution is 7.93. The van der Waals surface area contributed by atoms with E-state index in [0.717, 1.165) is 17.2 Å². The molecule has 0 saturated carbocycles. The summed E-state index contributed by atoms with van der Waals surface area (Å²) in [6.45, 7) is 3.69. The summed E-state index contributed by atoms with van der Waals surface area (Å²) in [4.78, 5) is 9.84. The van der Waals surface area contributed by atoms with Crippen LogP contribution < -0.4 is 9.44 Å². The van der Waals surface area contributed by atoms with Gasteiger partial charge in [-0.15, -0.1) is 0 Å². The number of nitrogens with zero attached hydrogens (tertiary/aromatic N) is 1. The van der Waals surface area contributed by atoms with E-state index in [9.17, 15) is 26.9 Å². The molecule has 2 N–H and O–H groups in total. The molecular formula is C20H19N3O6S2. The van der Waals surface area contributed by atoms with Crippen molar-refractivity contribution in [2.45, 2.75) is 23.6 Å². The minimum Gasteiger partial charge on any atom is -0.280 e. The smallest absolute Gasteiger partial charge is 0.270 e. The molecule has 3 rings (SSSR count). The lowest BCUT2D eigenvalue weighted by Gasteiger charge is -2.12. The monoisotopic (exact) mass is 461 g/mol. The maximum absolute atomic E-state index is 12.6. The Labute approximate surface area is 180 Å². The second-order valence-electron chi connectivity index (χ2n) is 6.81. The van der Waals surface area contributed by atoms with E-state index in [0.29, 0.717) is 5.69 Å². The second kappa shape index (κ2) is 8.36. The molecule has 0 heterocycles. The Kier molecular flexibility index (Phi) is 6.00. The number of sulfonamides is 2. The van der Waals surface area contributed by atoms with Crippen LogP contribution in [0.1, 0.15) is 11.1 Å². The van der Waals surface area contributed by atoms with Gasteiger partial charge in [-0.25, -0.2) is 16.8 Å². The van der Waals surface area contributed by atoms with Gasteiger partial charge in [-0.2, -0.15) is 0 Å². The summed E-state index contributed by atoms with van der Waals surface area (Å²) in [5.41, 5.74) is 1.96. The third-order valence-corrected chi connectivity index (χ3v) is 7.14. The zero-order valence-electron chi connectivity index (χ0n) is 16.6. The van der Waals surface area contributed by atoms with Crippen LogP contribution in [0.3, 0.4) is 0 Å². The Hall–Kier alpha value is -3.44. The molecule has 0 aliphatic heterocycles. The van der Waals surface area contributed by atoms with Crippen molar-refractivity contribution in [3.05, 3.63) is 88.0 Å². The molecule has 0 aliphatic carbocycles. The zero-order valence-corrected chi connectivity index (χ0v) is 18.2. The minimum absolute atomic E-state index is 0.0502. The summed E-state index contributed by atoms with van der Waals surface area (Å²) >= 11 is 0. The van der Waals surface area contributed by atoms with Gasteiger partial charge in [0.2, 0.25) is 0 Å². The number of nitro benzene ring substituents is 1. The first-order chi connectivity index (χ1) is 14.5. The van der Waals surface area contributed by atoms with Gasteiger partial charge in [-0.1, -0.05) is 23.8 Å². The standard InChI is InChI=1S/C20H19N3O6S2/c1-14-6-11-20(15(2)12-14)22-30(26,27)18-9-7-16(8-10-18)21-31(28,29)19-5-3-4-17(13-19)23(24)25/h3-13,21-22H,1-2H3. The van der Waals surface area contributed by atoms with Crippen LogP contribution in [-0.4, -0.2) is 21.8 Å². The van der Waals surface area contributed by atoms with Gasteiger partial charge in [-0.3, -0.25) is 19.6 Å². The molecule has 0 unspecified atom stereocenters. The summed E-state index contributed by atoms with van der Waals surface area (Å²) in [7, 11) is -7.97. The first kappa shape index (κ1) is 22.2. The number of non-ortho nitro benzene ring substituents is 1. The van der Waals surface area contributed by atoms with Crippen LogP contribution in [0.5, 0.6) is 0 Å². The van der Waals surface area contributed by atoms with Crippen LogP contribution in [0.25, 0.3) is 0 Å². The fourth-order valence-electron chi connectivity index (χ4n) is 2.81. The van der Waals surface area contributed by atoms with E-state index in [2.05, 4.69) is 9.44 Å². The van der Waals surface area contributed by atoms with Gasteiger partial charge in [0, 0.05) is 17.8 Å². The third-order valence-electron chi connectivity index (χ3n) is 4.38. The van der Waals surface area contributed by atoms with Gasteiger partial charge in [0.1, 0.15) is 0 Å². The molecule has 0 bridgehead atoms. The SMILES string of the molecule is Cc1ccc(NS(=O)(=O)c2ccc(NS(=O)(=O)c3cccc([N+](=O)[O-])c3)cc2)c(C)c1. The van der Waals surface area contributed by atoms with E-state index < -0.39 is 25.0 Å². The maximum Gasteiger partial charge on any atom is 0.270 e. The molecular weight excluding hydrogens is 442 g/mol. The van der Waals surface area contributed by atoms with Crippen LogP contribution in [0.15, 0.2) is 76.5 Å². The molecule has 9 nitrogen and oxygen atoms in total. The summed E-state index contributed by atoms with van der Waals surface area (Å²) < 4.78 is 55.1. The van der Waals surface area contributed by atoms with Crippen LogP contribution >= 0.6 is 0 Å². The lowest BCUT2D eigenvalue weighted by Crippen LogP contribution is -2.15. The van der Waals surface area contributed by atoms with Crippen LogP contribution in [0, 0.1) is 24.0 Å². The average molecular weight is 462 g/mol. The van der Waals surface area contributed by atoms with Crippen LogP contribution in [-0.2, 0) is 20.0 Å². The van der Waals surface area contributed by atoms with E-state index in [1.54, 1.807) is 19.1 Å². The fraction of sp³-hybridized carbons (Fsp3) is 0.100. The number of anilines is 2. The molecule has 0 amide bonds. The molecule has 0 spiro atoms. The lowest BCUT2D eigenvalue weighted by molar-refractivity contribution is -0.385. The van der Waals surface area contributed by atoms with Gasteiger partial charge in [-0.05, 0) is 55.8 Å². The summed E-state index contributed by atoms with van der Waals surface area (Å²) in [6, 6.07) is 15.0. The number of nitrogens with one attached hydrogen (secondary N) is 2. The normalized spacial score (nSPS) is 11.7. The van der Waals surface area contributed by atoms with Gasteiger partial charge in [0.25, 0.3) is 25.7 Å². The lowest BCUT2D eigenvalue weighted by atomic mass is 10.1. The highest BCUT2D eigenvalue weighted by atomic mass is 32.2. The summed E-state index contributed by atoms with van der Waals surface area (Å²) in [5, 5.41) is 10.9. The molecule has 31 heavy (non-hydrogen) atoms. The summed E-state index contributed by atoms with van der Waals surface area (Å²) in [6.07, 6.45) is 0. The number of benzene rings is 3. The Morgan fingerprint density at radius 1 is 0.774 bits per heavy atom. The third kappa shape index (κ3) is 5.19. The molecule has 3 aromatic carbocycles. The first-order valence-corrected chi connectivity index (χ1v) is 11.9. The second-order valence-corrected chi connectivity index (χ2v) is 10.2. The Morgan fingerprint density at radius 2 is 1.42 bits per heavy atom. The Morgan fingerprint density at radius 3 is 2.03 bits per heavy atom. The van der Waals surface area contributed by atoms with E-state index >= 15 is 0 Å². The quantitative estimate of drug-likeness (QED) is 0.406. The van der Waals surface area contributed by atoms with Crippen molar-refractivity contribution in [1.82, 2.24) is 0 Å². The van der Waals surface area contributed by atoms with Crippen LogP contribution in [0.2, 0.25) is 0 Å². The average Bonchev–Trinajstić information content (AvgIpc) is 2.70.